The molecule has 1 atom stereocenters. The zero-order chi connectivity index (χ0) is 18.3. The third-order valence-electron chi connectivity index (χ3n) is 4.98. The first kappa shape index (κ1) is 16.6. The van der Waals surface area contributed by atoms with Gasteiger partial charge in [-0.25, -0.2) is 9.18 Å². The molecule has 0 radical (unpaired) electrons. The van der Waals surface area contributed by atoms with Crippen LogP contribution in [-0.4, -0.2) is 29.1 Å². The van der Waals surface area contributed by atoms with Gasteiger partial charge in [0.1, 0.15) is 11.9 Å². The number of amides is 1. The van der Waals surface area contributed by atoms with Crippen molar-refractivity contribution in [2.24, 2.45) is 0 Å². The fraction of sp³-hybridized carbons (Fsp3) is 0.286. The number of nitrogens with zero attached hydrogens (tertiary/aromatic N) is 1. The van der Waals surface area contributed by atoms with E-state index in [4.69, 9.17) is 4.74 Å². The fourth-order valence-corrected chi connectivity index (χ4v) is 3.77. The average Bonchev–Trinajstić information content (AvgIpc) is 2.99. The van der Waals surface area contributed by atoms with E-state index in [0.29, 0.717) is 19.6 Å². The molecule has 0 saturated heterocycles. The molecule has 1 amide bonds. The van der Waals surface area contributed by atoms with Crippen LogP contribution in [0.25, 0.3) is 10.9 Å². The quantitative estimate of drug-likeness (QED) is 0.725. The van der Waals surface area contributed by atoms with E-state index in [1.165, 1.54) is 12.1 Å². The van der Waals surface area contributed by atoms with Gasteiger partial charge in [-0.3, -0.25) is 4.90 Å². The highest BCUT2D eigenvalue weighted by molar-refractivity contribution is 5.86. The molecule has 3 aromatic rings. The summed E-state index contributed by atoms with van der Waals surface area (Å²) in [5.74, 6) is -0.273. The van der Waals surface area contributed by atoms with Crippen molar-refractivity contribution in [1.82, 2.24) is 9.88 Å². The number of aryl methyl sites for hydroxylation is 1. The lowest BCUT2D eigenvalue weighted by Crippen LogP contribution is -2.40. The second-order valence-electron chi connectivity index (χ2n) is 6.66. The number of aromatic amines is 1. The number of H-pyrrole nitrogens is 1. The summed E-state index contributed by atoms with van der Waals surface area (Å²) in [7, 11) is 0. The Kier molecular flexibility index (Phi) is 4.15. The second-order valence-corrected chi connectivity index (χ2v) is 6.66. The second kappa shape index (κ2) is 6.48. The van der Waals surface area contributed by atoms with E-state index < -0.39 is 0 Å². The molecule has 0 spiro atoms. The van der Waals surface area contributed by atoms with Crippen molar-refractivity contribution in [3.63, 3.8) is 0 Å². The van der Waals surface area contributed by atoms with E-state index in [2.05, 4.69) is 4.98 Å². The maximum Gasteiger partial charge on any atom is 0.410 e. The molecule has 1 unspecified atom stereocenters. The van der Waals surface area contributed by atoms with Gasteiger partial charge < -0.3 is 9.72 Å². The maximum absolute atomic E-state index is 13.7. The number of fused-ring (bicyclic) bond motifs is 3. The van der Waals surface area contributed by atoms with Gasteiger partial charge in [-0.2, -0.15) is 0 Å². The molecule has 2 aromatic carbocycles. The van der Waals surface area contributed by atoms with Gasteiger partial charge in [0.05, 0.1) is 6.61 Å². The SMILES string of the molecule is CCOC(=O)N1CCc2c([nH]c3cc(F)ccc23)C1c1ccc(C)cc1. The van der Waals surface area contributed by atoms with E-state index in [0.717, 1.165) is 33.3 Å². The topological polar surface area (TPSA) is 45.3 Å². The van der Waals surface area contributed by atoms with Crippen LogP contribution < -0.4 is 0 Å². The molecule has 1 aromatic heterocycles. The summed E-state index contributed by atoms with van der Waals surface area (Å²) in [5, 5.41) is 1.02. The van der Waals surface area contributed by atoms with Crippen LogP contribution in [0.15, 0.2) is 42.5 Å². The first-order valence-corrected chi connectivity index (χ1v) is 8.88. The lowest BCUT2D eigenvalue weighted by atomic mass is 9.92. The van der Waals surface area contributed by atoms with Gasteiger partial charge in [0, 0.05) is 23.1 Å². The van der Waals surface area contributed by atoms with Crippen LogP contribution in [0.2, 0.25) is 0 Å². The van der Waals surface area contributed by atoms with Gasteiger partial charge in [0.2, 0.25) is 0 Å². The first-order valence-electron chi connectivity index (χ1n) is 8.88. The molecule has 1 aliphatic heterocycles. The van der Waals surface area contributed by atoms with Gasteiger partial charge >= 0.3 is 6.09 Å². The largest absolute Gasteiger partial charge is 0.450 e. The molecule has 0 bridgehead atoms. The number of carbonyl (C=O) groups is 1. The Labute approximate surface area is 151 Å². The highest BCUT2D eigenvalue weighted by atomic mass is 19.1. The van der Waals surface area contributed by atoms with Crippen LogP contribution in [0.4, 0.5) is 9.18 Å². The van der Waals surface area contributed by atoms with Crippen molar-refractivity contribution < 1.29 is 13.9 Å². The van der Waals surface area contributed by atoms with E-state index in [1.807, 2.05) is 37.3 Å². The number of halogens is 1. The number of hydrogen-bond donors (Lipinski definition) is 1. The summed E-state index contributed by atoms with van der Waals surface area (Å²) in [4.78, 5) is 17.7. The molecule has 0 aliphatic carbocycles. The molecule has 4 nitrogen and oxygen atoms in total. The molecule has 0 fully saturated rings. The van der Waals surface area contributed by atoms with Crippen LogP contribution >= 0.6 is 0 Å². The number of nitrogens with one attached hydrogen (secondary N) is 1. The zero-order valence-electron chi connectivity index (χ0n) is 14.9. The van der Waals surface area contributed by atoms with Crippen LogP contribution in [-0.2, 0) is 11.2 Å². The number of ether oxygens (including phenoxy) is 1. The van der Waals surface area contributed by atoms with Crippen molar-refractivity contribution in [2.75, 3.05) is 13.2 Å². The minimum atomic E-state index is -0.325. The third-order valence-corrected chi connectivity index (χ3v) is 4.98. The van der Waals surface area contributed by atoms with E-state index in [-0.39, 0.29) is 18.0 Å². The predicted molar refractivity (Wildman–Crippen MR) is 98.7 cm³/mol. The van der Waals surface area contributed by atoms with Crippen LogP contribution in [0.1, 0.15) is 35.3 Å². The molecule has 0 saturated carbocycles. The van der Waals surface area contributed by atoms with Crippen molar-refractivity contribution >= 4 is 17.0 Å². The minimum absolute atomic E-state index is 0.270. The smallest absolute Gasteiger partial charge is 0.410 e. The highest BCUT2D eigenvalue weighted by Crippen LogP contribution is 2.38. The maximum atomic E-state index is 13.7. The Balaban J connectivity index is 1.88. The Morgan fingerprint density at radius 1 is 1.27 bits per heavy atom. The molecule has 5 heteroatoms. The van der Waals surface area contributed by atoms with E-state index in [1.54, 1.807) is 11.8 Å². The Morgan fingerprint density at radius 2 is 2.04 bits per heavy atom. The van der Waals surface area contributed by atoms with Gasteiger partial charge in [-0.05, 0) is 49.6 Å². The summed E-state index contributed by atoms with van der Waals surface area (Å²) in [5.41, 5.74) is 5.01. The van der Waals surface area contributed by atoms with Gasteiger partial charge in [0.25, 0.3) is 0 Å². The van der Waals surface area contributed by atoms with Crippen molar-refractivity contribution in [1.29, 1.82) is 0 Å². The van der Waals surface area contributed by atoms with Crippen molar-refractivity contribution in [3.8, 4) is 0 Å². The van der Waals surface area contributed by atoms with Crippen LogP contribution in [0.5, 0.6) is 0 Å². The third kappa shape index (κ3) is 2.73. The van der Waals surface area contributed by atoms with E-state index in [9.17, 15) is 9.18 Å². The molecule has 1 aliphatic rings. The zero-order valence-corrected chi connectivity index (χ0v) is 14.9. The minimum Gasteiger partial charge on any atom is -0.450 e. The number of aromatic nitrogens is 1. The van der Waals surface area contributed by atoms with Crippen LogP contribution in [0.3, 0.4) is 0 Å². The van der Waals surface area contributed by atoms with Gasteiger partial charge in [-0.1, -0.05) is 29.8 Å². The lowest BCUT2D eigenvalue weighted by Gasteiger charge is -2.35. The predicted octanol–water partition coefficient (Wildman–Crippen LogP) is 4.72. The molecular formula is C21H21FN2O2. The normalized spacial score (nSPS) is 16.6. The molecular weight excluding hydrogens is 331 g/mol. The van der Waals surface area contributed by atoms with Crippen molar-refractivity contribution in [2.45, 2.75) is 26.3 Å². The molecule has 2 heterocycles. The van der Waals surface area contributed by atoms with Crippen LogP contribution in [0, 0.1) is 12.7 Å². The Hall–Kier alpha value is -2.82. The molecule has 4 rings (SSSR count). The Morgan fingerprint density at radius 3 is 2.77 bits per heavy atom. The summed E-state index contributed by atoms with van der Waals surface area (Å²) in [6.45, 7) is 4.74. The number of hydrogen-bond acceptors (Lipinski definition) is 2. The fourth-order valence-electron chi connectivity index (χ4n) is 3.77. The van der Waals surface area contributed by atoms with Gasteiger partial charge in [0.15, 0.2) is 0 Å². The number of carbonyl (C=O) groups excluding carboxylic acids is 1. The van der Waals surface area contributed by atoms with Gasteiger partial charge in [-0.15, -0.1) is 0 Å². The molecule has 134 valence electrons. The molecule has 1 N–H and O–H groups in total. The summed E-state index contributed by atoms with van der Waals surface area (Å²) < 4.78 is 18.9. The number of benzene rings is 2. The summed E-state index contributed by atoms with van der Waals surface area (Å²) in [6.07, 6.45) is 0.385. The number of rotatable bonds is 2. The average molecular weight is 352 g/mol. The Bertz CT molecular complexity index is 962. The molecule has 26 heavy (non-hydrogen) atoms. The van der Waals surface area contributed by atoms with Crippen molar-refractivity contribution in [3.05, 3.63) is 70.7 Å². The monoisotopic (exact) mass is 352 g/mol. The lowest BCUT2D eigenvalue weighted by molar-refractivity contribution is 0.0932. The highest BCUT2D eigenvalue weighted by Gasteiger charge is 2.35. The first-order chi connectivity index (χ1) is 12.6. The summed E-state index contributed by atoms with van der Waals surface area (Å²) >= 11 is 0. The standard InChI is InChI=1S/C21H21FN2O2/c1-3-26-21(25)24-11-10-17-16-9-8-15(22)12-18(16)23-19(17)20(24)14-6-4-13(2)5-7-14/h4-9,12,20,23H,3,10-11H2,1-2H3. The van der Waals surface area contributed by atoms with E-state index >= 15 is 0 Å². The summed E-state index contributed by atoms with van der Waals surface area (Å²) in [6, 6.07) is 12.7.